The van der Waals surface area contributed by atoms with E-state index in [0.29, 0.717) is 11.5 Å². The number of phenols is 1. The smallest absolute Gasteiger partial charge is 0.189 e. The minimum absolute atomic E-state index is 0.141. The molecule has 0 atom stereocenters. The molecule has 0 aliphatic carbocycles. The third-order valence-electron chi connectivity index (χ3n) is 3.69. The van der Waals surface area contributed by atoms with Gasteiger partial charge in [-0.3, -0.25) is 4.79 Å². The number of fused-ring (bicyclic) bond motifs is 1. The summed E-state index contributed by atoms with van der Waals surface area (Å²) < 4.78 is 11.5. The van der Waals surface area contributed by atoms with Crippen LogP contribution < -0.4 is 9.47 Å². The Morgan fingerprint density at radius 2 is 1.83 bits per heavy atom. The van der Waals surface area contributed by atoms with Gasteiger partial charge in [0.15, 0.2) is 17.3 Å². The molecule has 0 radical (unpaired) electrons. The van der Waals surface area contributed by atoms with Gasteiger partial charge in [0.2, 0.25) is 0 Å². The van der Waals surface area contributed by atoms with Crippen molar-refractivity contribution in [3.8, 4) is 17.2 Å². The Morgan fingerprint density at radius 1 is 1.12 bits per heavy atom. The molecule has 1 heterocycles. The maximum Gasteiger partial charge on any atom is 0.189 e. The van der Waals surface area contributed by atoms with Crippen LogP contribution in [0.4, 0.5) is 0 Å². The molecule has 0 saturated heterocycles. The van der Waals surface area contributed by atoms with Crippen LogP contribution in [0.2, 0.25) is 0 Å². The highest BCUT2D eigenvalue weighted by atomic mass is 32.1. The van der Waals surface area contributed by atoms with E-state index in [1.807, 2.05) is 29.6 Å². The average Bonchev–Trinajstić information content (AvgIpc) is 3.02. The molecule has 5 heteroatoms. The molecule has 0 bridgehead atoms. The third-order valence-corrected chi connectivity index (χ3v) is 4.67. The fourth-order valence-electron chi connectivity index (χ4n) is 2.45. The summed E-state index contributed by atoms with van der Waals surface area (Å²) in [5, 5.41) is 13.2. The van der Waals surface area contributed by atoms with E-state index < -0.39 is 0 Å². The lowest BCUT2D eigenvalue weighted by atomic mass is 10.1. The summed E-state index contributed by atoms with van der Waals surface area (Å²) in [4.78, 5) is 12.4. The van der Waals surface area contributed by atoms with Gasteiger partial charge in [-0.2, -0.15) is 0 Å². The van der Waals surface area contributed by atoms with Crippen molar-refractivity contribution in [2.75, 3.05) is 14.2 Å². The summed E-state index contributed by atoms with van der Waals surface area (Å²) in [5.74, 6) is 0.327. The molecule has 1 aromatic heterocycles. The van der Waals surface area contributed by atoms with E-state index in [9.17, 15) is 9.90 Å². The number of benzene rings is 2. The van der Waals surface area contributed by atoms with Gasteiger partial charge in [0.05, 0.1) is 19.8 Å². The highest BCUT2D eigenvalue weighted by Gasteiger charge is 2.15. The monoisotopic (exact) mass is 340 g/mol. The molecule has 0 aliphatic rings. The number of rotatable bonds is 5. The topological polar surface area (TPSA) is 55.8 Å². The number of phenolic OH excluding ortho intramolecular Hbond substituents is 1. The Morgan fingerprint density at radius 3 is 2.58 bits per heavy atom. The summed E-state index contributed by atoms with van der Waals surface area (Å²) >= 11 is 1.63. The fourth-order valence-corrected chi connectivity index (χ4v) is 3.38. The van der Waals surface area contributed by atoms with Crippen LogP contribution in [-0.4, -0.2) is 25.1 Å². The number of thiophene rings is 1. The first-order valence-electron chi connectivity index (χ1n) is 7.27. The molecule has 1 N–H and O–H groups in total. The molecule has 0 spiro atoms. The van der Waals surface area contributed by atoms with Crippen LogP contribution in [0, 0.1) is 0 Å². The van der Waals surface area contributed by atoms with Crippen molar-refractivity contribution >= 4 is 33.3 Å². The number of carbonyl (C=O) groups is 1. The van der Waals surface area contributed by atoms with Crippen molar-refractivity contribution in [1.29, 1.82) is 0 Å². The SMILES string of the molecule is COc1cc(O)c(C(=O)/C=C/c2csc3ccccc23)cc1OC. The zero-order chi connectivity index (χ0) is 17.1. The van der Waals surface area contributed by atoms with Crippen LogP contribution in [0.25, 0.3) is 16.2 Å². The van der Waals surface area contributed by atoms with Crippen LogP contribution in [0.1, 0.15) is 15.9 Å². The van der Waals surface area contributed by atoms with Gasteiger partial charge in [0.1, 0.15) is 5.75 Å². The number of hydrogen-bond donors (Lipinski definition) is 1. The summed E-state index contributed by atoms with van der Waals surface area (Å²) in [6.45, 7) is 0. The van der Waals surface area contributed by atoms with Crippen molar-refractivity contribution in [3.05, 3.63) is 59.0 Å². The molecular weight excluding hydrogens is 324 g/mol. The normalized spacial score (nSPS) is 11.1. The number of ketones is 1. The van der Waals surface area contributed by atoms with Gasteiger partial charge in [-0.05, 0) is 40.6 Å². The fraction of sp³-hybridized carbons (Fsp3) is 0.105. The molecule has 3 aromatic rings. The zero-order valence-electron chi connectivity index (χ0n) is 13.3. The number of allylic oxidation sites excluding steroid dienone is 1. The Bertz CT molecular complexity index is 924. The molecule has 0 unspecified atom stereocenters. The highest BCUT2D eigenvalue weighted by molar-refractivity contribution is 7.17. The van der Waals surface area contributed by atoms with Gasteiger partial charge in [0.25, 0.3) is 0 Å². The average molecular weight is 340 g/mol. The van der Waals surface area contributed by atoms with Crippen molar-refractivity contribution < 1.29 is 19.4 Å². The van der Waals surface area contributed by atoms with Crippen molar-refractivity contribution in [2.45, 2.75) is 0 Å². The Kier molecular flexibility index (Phi) is 4.53. The summed E-state index contributed by atoms with van der Waals surface area (Å²) in [5.41, 5.74) is 1.15. The Balaban J connectivity index is 1.92. The van der Waals surface area contributed by atoms with Gasteiger partial charge in [-0.1, -0.05) is 18.2 Å². The first kappa shape index (κ1) is 16.1. The second kappa shape index (κ2) is 6.76. The second-order valence-electron chi connectivity index (χ2n) is 5.11. The third kappa shape index (κ3) is 2.98. The molecule has 24 heavy (non-hydrogen) atoms. The van der Waals surface area contributed by atoms with E-state index >= 15 is 0 Å². The summed E-state index contributed by atoms with van der Waals surface area (Å²) in [6, 6.07) is 10.9. The van der Waals surface area contributed by atoms with Crippen LogP contribution in [-0.2, 0) is 0 Å². The Labute approximate surface area is 143 Å². The van der Waals surface area contributed by atoms with E-state index in [1.54, 1.807) is 17.4 Å². The Hall–Kier alpha value is -2.79. The number of hydrogen-bond acceptors (Lipinski definition) is 5. The molecular formula is C19H16O4S. The number of aromatic hydroxyl groups is 1. The predicted molar refractivity (Wildman–Crippen MR) is 96.4 cm³/mol. The molecule has 122 valence electrons. The van der Waals surface area contributed by atoms with E-state index in [0.717, 1.165) is 10.9 Å². The molecule has 3 rings (SSSR count). The van der Waals surface area contributed by atoms with E-state index in [4.69, 9.17) is 9.47 Å². The van der Waals surface area contributed by atoms with Gasteiger partial charge >= 0.3 is 0 Å². The van der Waals surface area contributed by atoms with E-state index in [1.165, 1.54) is 37.1 Å². The van der Waals surface area contributed by atoms with Crippen LogP contribution in [0.5, 0.6) is 17.2 Å². The van der Waals surface area contributed by atoms with Crippen LogP contribution >= 0.6 is 11.3 Å². The minimum atomic E-state index is -0.302. The molecule has 0 amide bonds. The molecule has 0 fully saturated rings. The lowest BCUT2D eigenvalue weighted by Gasteiger charge is -2.10. The van der Waals surface area contributed by atoms with Crippen molar-refractivity contribution in [1.82, 2.24) is 0 Å². The molecule has 0 aliphatic heterocycles. The lowest BCUT2D eigenvalue weighted by molar-refractivity contribution is 0.104. The van der Waals surface area contributed by atoms with Gasteiger partial charge in [0, 0.05) is 10.8 Å². The standard InChI is InChI=1S/C19H16O4S/c1-22-17-9-14(16(21)10-18(17)23-2)15(20)8-7-12-11-24-19-6-4-3-5-13(12)19/h3-11,21H,1-2H3/b8-7+. The van der Waals surface area contributed by atoms with Gasteiger partial charge < -0.3 is 14.6 Å². The van der Waals surface area contributed by atoms with Crippen molar-refractivity contribution in [3.63, 3.8) is 0 Å². The highest BCUT2D eigenvalue weighted by Crippen LogP contribution is 2.34. The maximum absolute atomic E-state index is 12.4. The van der Waals surface area contributed by atoms with Crippen LogP contribution in [0.15, 0.2) is 47.9 Å². The van der Waals surface area contributed by atoms with Crippen molar-refractivity contribution in [2.24, 2.45) is 0 Å². The first-order chi connectivity index (χ1) is 11.6. The predicted octanol–water partition coefficient (Wildman–Crippen LogP) is 4.52. The first-order valence-corrected chi connectivity index (χ1v) is 8.15. The summed E-state index contributed by atoms with van der Waals surface area (Å²) in [7, 11) is 2.96. The van der Waals surface area contributed by atoms with Gasteiger partial charge in [-0.25, -0.2) is 0 Å². The lowest BCUT2D eigenvalue weighted by Crippen LogP contribution is -1.98. The quantitative estimate of drug-likeness (QED) is 0.548. The summed E-state index contributed by atoms with van der Waals surface area (Å²) in [6.07, 6.45) is 3.22. The van der Waals surface area contributed by atoms with Gasteiger partial charge in [-0.15, -0.1) is 11.3 Å². The minimum Gasteiger partial charge on any atom is -0.507 e. The second-order valence-corrected chi connectivity index (χ2v) is 6.02. The molecule has 2 aromatic carbocycles. The largest absolute Gasteiger partial charge is 0.507 e. The van der Waals surface area contributed by atoms with Crippen LogP contribution in [0.3, 0.4) is 0 Å². The maximum atomic E-state index is 12.4. The zero-order valence-corrected chi connectivity index (χ0v) is 14.1. The number of methoxy groups -OCH3 is 2. The van der Waals surface area contributed by atoms with E-state index in [-0.39, 0.29) is 17.1 Å². The molecule has 4 nitrogen and oxygen atoms in total. The van der Waals surface area contributed by atoms with E-state index in [2.05, 4.69) is 0 Å². The number of carbonyl (C=O) groups excluding carboxylic acids is 1. The number of ether oxygens (including phenoxy) is 2. The molecule has 0 saturated carbocycles.